The van der Waals surface area contributed by atoms with Gasteiger partial charge in [-0.05, 0) is 31.7 Å². The summed E-state index contributed by atoms with van der Waals surface area (Å²) < 4.78 is 43.6. The Morgan fingerprint density at radius 3 is 2.74 bits per heavy atom. The molecule has 0 fully saturated rings. The average molecular weight is 377 g/mol. The van der Waals surface area contributed by atoms with Gasteiger partial charge in [0.05, 0.1) is 17.8 Å². The molecule has 2 aromatic heterocycles. The average Bonchev–Trinajstić information content (AvgIpc) is 3.08. The Labute approximate surface area is 154 Å². The monoisotopic (exact) mass is 377 g/mol. The van der Waals surface area contributed by atoms with Gasteiger partial charge in [-0.25, -0.2) is 9.97 Å². The standard InChI is InChI=1S/C18H18F3N5O/c1-12(15-6-7-22-11-23-15)26(2)10-17-24-16(25-27-17)9-13-4-3-5-14(8-13)18(19,20)21/h3-8,11-12H,9-10H2,1-2H3/t12-/m1/s1. The molecule has 3 rings (SSSR count). The van der Waals surface area contributed by atoms with Crippen molar-refractivity contribution in [3.05, 3.63) is 71.4 Å². The molecule has 0 unspecified atom stereocenters. The molecule has 6 nitrogen and oxygen atoms in total. The summed E-state index contributed by atoms with van der Waals surface area (Å²) >= 11 is 0. The first-order valence-electron chi connectivity index (χ1n) is 8.26. The molecule has 1 atom stereocenters. The first-order valence-corrected chi connectivity index (χ1v) is 8.26. The van der Waals surface area contributed by atoms with Crippen LogP contribution in [0.15, 0.2) is 47.4 Å². The van der Waals surface area contributed by atoms with Crippen molar-refractivity contribution in [1.29, 1.82) is 0 Å². The summed E-state index contributed by atoms with van der Waals surface area (Å²) in [4.78, 5) is 14.4. The maximum absolute atomic E-state index is 12.8. The predicted octanol–water partition coefficient (Wildman–Crippen LogP) is 3.66. The Morgan fingerprint density at radius 2 is 2.04 bits per heavy atom. The van der Waals surface area contributed by atoms with Gasteiger partial charge in [-0.3, -0.25) is 4.90 Å². The first kappa shape index (κ1) is 19.0. The number of aromatic nitrogens is 4. The molecule has 0 aliphatic heterocycles. The van der Waals surface area contributed by atoms with Gasteiger partial charge in [0.2, 0.25) is 5.89 Å². The lowest BCUT2D eigenvalue weighted by molar-refractivity contribution is -0.137. The van der Waals surface area contributed by atoms with Crippen molar-refractivity contribution in [3.63, 3.8) is 0 Å². The van der Waals surface area contributed by atoms with Crippen molar-refractivity contribution in [2.75, 3.05) is 7.05 Å². The molecule has 0 spiro atoms. The molecule has 0 aliphatic rings. The van der Waals surface area contributed by atoms with E-state index in [1.165, 1.54) is 12.4 Å². The molecule has 2 heterocycles. The van der Waals surface area contributed by atoms with E-state index in [0.29, 0.717) is 23.8 Å². The third-order valence-electron chi connectivity index (χ3n) is 4.21. The third kappa shape index (κ3) is 4.88. The number of hydrogen-bond acceptors (Lipinski definition) is 6. The zero-order chi connectivity index (χ0) is 19.4. The van der Waals surface area contributed by atoms with E-state index in [0.717, 1.165) is 17.8 Å². The largest absolute Gasteiger partial charge is 0.416 e. The highest BCUT2D eigenvalue weighted by molar-refractivity contribution is 5.27. The highest BCUT2D eigenvalue weighted by Gasteiger charge is 2.30. The lowest BCUT2D eigenvalue weighted by Gasteiger charge is -2.22. The van der Waals surface area contributed by atoms with Crippen molar-refractivity contribution in [2.24, 2.45) is 0 Å². The van der Waals surface area contributed by atoms with Crippen molar-refractivity contribution in [1.82, 2.24) is 25.0 Å². The minimum absolute atomic E-state index is 0.00631. The van der Waals surface area contributed by atoms with E-state index in [2.05, 4.69) is 20.1 Å². The van der Waals surface area contributed by atoms with Gasteiger partial charge in [-0.2, -0.15) is 18.2 Å². The van der Waals surface area contributed by atoms with E-state index < -0.39 is 11.7 Å². The molecule has 0 amide bonds. The van der Waals surface area contributed by atoms with Crippen LogP contribution in [0.3, 0.4) is 0 Å². The fourth-order valence-electron chi connectivity index (χ4n) is 2.59. The van der Waals surface area contributed by atoms with Crippen LogP contribution >= 0.6 is 0 Å². The van der Waals surface area contributed by atoms with Crippen LogP contribution in [-0.4, -0.2) is 32.1 Å². The van der Waals surface area contributed by atoms with Crippen LogP contribution in [0.2, 0.25) is 0 Å². The second kappa shape index (κ2) is 7.83. The van der Waals surface area contributed by atoms with Crippen LogP contribution < -0.4 is 0 Å². The Hall–Kier alpha value is -2.81. The molecule has 0 aliphatic carbocycles. The summed E-state index contributed by atoms with van der Waals surface area (Å²) in [6.45, 7) is 2.38. The SMILES string of the molecule is C[C@H](c1ccncn1)N(C)Cc1nc(Cc2cccc(C(F)(F)F)c2)no1. The number of hydrogen-bond donors (Lipinski definition) is 0. The lowest BCUT2D eigenvalue weighted by atomic mass is 10.1. The van der Waals surface area contributed by atoms with Crippen LogP contribution in [0, 0.1) is 0 Å². The fourth-order valence-corrected chi connectivity index (χ4v) is 2.59. The van der Waals surface area contributed by atoms with Crippen molar-refractivity contribution in [3.8, 4) is 0 Å². The summed E-state index contributed by atoms with van der Waals surface area (Å²) in [5, 5.41) is 3.87. The smallest absolute Gasteiger partial charge is 0.338 e. The summed E-state index contributed by atoms with van der Waals surface area (Å²) in [5.41, 5.74) is 0.637. The molecule has 0 radical (unpaired) electrons. The number of alkyl halides is 3. The van der Waals surface area contributed by atoms with Crippen LogP contribution in [0.1, 0.15) is 41.5 Å². The Morgan fingerprint density at radius 1 is 1.22 bits per heavy atom. The first-order chi connectivity index (χ1) is 12.8. The molecule has 9 heteroatoms. The zero-order valence-corrected chi connectivity index (χ0v) is 14.8. The van der Waals surface area contributed by atoms with Gasteiger partial charge in [0.1, 0.15) is 6.33 Å². The lowest BCUT2D eigenvalue weighted by Crippen LogP contribution is -2.22. The molecule has 142 valence electrons. The summed E-state index contributed by atoms with van der Waals surface area (Å²) in [6.07, 6.45) is -1.05. The van der Waals surface area contributed by atoms with E-state index in [9.17, 15) is 13.2 Å². The molecule has 3 aromatic rings. The Bertz CT molecular complexity index is 882. The van der Waals surface area contributed by atoms with Gasteiger partial charge in [0, 0.05) is 18.7 Å². The normalized spacial score (nSPS) is 13.1. The van der Waals surface area contributed by atoms with Gasteiger partial charge in [0.15, 0.2) is 5.82 Å². The van der Waals surface area contributed by atoms with E-state index in [1.54, 1.807) is 12.3 Å². The molecule has 0 saturated heterocycles. The van der Waals surface area contributed by atoms with Crippen LogP contribution in [0.25, 0.3) is 0 Å². The third-order valence-corrected chi connectivity index (χ3v) is 4.21. The minimum Gasteiger partial charge on any atom is -0.338 e. The van der Waals surface area contributed by atoms with E-state index in [1.807, 2.05) is 24.9 Å². The van der Waals surface area contributed by atoms with E-state index in [4.69, 9.17) is 4.52 Å². The minimum atomic E-state index is -4.38. The van der Waals surface area contributed by atoms with Crippen molar-refractivity contribution >= 4 is 0 Å². The van der Waals surface area contributed by atoms with Crippen molar-refractivity contribution < 1.29 is 17.7 Å². The maximum atomic E-state index is 12.8. The molecule has 27 heavy (non-hydrogen) atoms. The Kier molecular flexibility index (Phi) is 5.50. The number of nitrogens with zero attached hydrogens (tertiary/aromatic N) is 5. The molecular formula is C18H18F3N5O. The molecule has 0 saturated carbocycles. The number of rotatable bonds is 6. The van der Waals surface area contributed by atoms with Crippen LogP contribution in [-0.2, 0) is 19.1 Å². The zero-order valence-electron chi connectivity index (χ0n) is 14.8. The molecule has 1 aromatic carbocycles. The van der Waals surface area contributed by atoms with Crippen molar-refractivity contribution in [2.45, 2.75) is 32.1 Å². The predicted molar refractivity (Wildman–Crippen MR) is 90.5 cm³/mol. The second-order valence-electron chi connectivity index (χ2n) is 6.20. The highest BCUT2D eigenvalue weighted by Crippen LogP contribution is 2.29. The topological polar surface area (TPSA) is 67.9 Å². The maximum Gasteiger partial charge on any atom is 0.416 e. The van der Waals surface area contributed by atoms with Crippen LogP contribution in [0.4, 0.5) is 13.2 Å². The van der Waals surface area contributed by atoms with Gasteiger partial charge in [-0.1, -0.05) is 23.4 Å². The van der Waals surface area contributed by atoms with Gasteiger partial charge < -0.3 is 4.52 Å². The van der Waals surface area contributed by atoms with Gasteiger partial charge >= 0.3 is 6.18 Å². The quantitative estimate of drug-likeness (QED) is 0.653. The van der Waals surface area contributed by atoms with Gasteiger partial charge in [-0.15, -0.1) is 0 Å². The molecule has 0 bridgehead atoms. The number of benzene rings is 1. The van der Waals surface area contributed by atoms with Gasteiger partial charge in [0.25, 0.3) is 0 Å². The highest BCUT2D eigenvalue weighted by atomic mass is 19.4. The van der Waals surface area contributed by atoms with E-state index in [-0.39, 0.29) is 12.5 Å². The molecular weight excluding hydrogens is 359 g/mol. The summed E-state index contributed by atoms with van der Waals surface area (Å²) in [6, 6.07) is 6.94. The fraction of sp³-hybridized carbons (Fsp3) is 0.333. The summed E-state index contributed by atoms with van der Waals surface area (Å²) in [5.74, 6) is 0.729. The second-order valence-corrected chi connectivity index (χ2v) is 6.20. The summed E-state index contributed by atoms with van der Waals surface area (Å²) in [7, 11) is 1.89. The Balaban J connectivity index is 1.65. The number of halogens is 3. The molecule has 0 N–H and O–H groups in total. The van der Waals surface area contributed by atoms with Crippen LogP contribution in [0.5, 0.6) is 0 Å². The van der Waals surface area contributed by atoms with E-state index >= 15 is 0 Å².